The van der Waals surface area contributed by atoms with Gasteiger partial charge in [0, 0.05) is 31.3 Å². The molecule has 1 aromatic heterocycles. The first kappa shape index (κ1) is 14.6. The Balaban J connectivity index is 1.89. The molecule has 3 nitrogen and oxygen atoms in total. The quantitative estimate of drug-likeness (QED) is 0.903. The zero-order valence-electron chi connectivity index (χ0n) is 12.3. The molecule has 5 heteroatoms. The van der Waals surface area contributed by atoms with Crippen LogP contribution in [0.3, 0.4) is 0 Å². The van der Waals surface area contributed by atoms with Crippen molar-refractivity contribution in [1.82, 2.24) is 9.78 Å². The molecule has 1 aromatic carbocycles. The Morgan fingerprint density at radius 3 is 3.00 bits per heavy atom. The van der Waals surface area contributed by atoms with Gasteiger partial charge < -0.3 is 5.32 Å². The van der Waals surface area contributed by atoms with Gasteiger partial charge in [-0.1, -0.05) is 25.1 Å². The number of alkyl halides is 1. The number of rotatable bonds is 4. The Morgan fingerprint density at radius 2 is 2.29 bits per heavy atom. The highest BCUT2D eigenvalue weighted by atomic mass is 79.9. The van der Waals surface area contributed by atoms with Crippen LogP contribution in [0, 0.1) is 0 Å². The fourth-order valence-corrected chi connectivity index (χ4v) is 3.73. The van der Waals surface area contributed by atoms with Crippen LogP contribution in [-0.4, -0.2) is 16.3 Å². The van der Waals surface area contributed by atoms with Gasteiger partial charge in [0.1, 0.15) is 6.17 Å². The Morgan fingerprint density at radius 1 is 1.48 bits per heavy atom. The van der Waals surface area contributed by atoms with Gasteiger partial charge in [-0.25, -0.2) is 4.39 Å². The predicted octanol–water partition coefficient (Wildman–Crippen LogP) is 3.97. The number of aryl methyl sites for hydroxylation is 2. The first-order valence-electron chi connectivity index (χ1n) is 7.31. The second-order valence-electron chi connectivity index (χ2n) is 5.41. The molecule has 0 aliphatic carbocycles. The third-order valence-electron chi connectivity index (χ3n) is 4.09. The number of aromatic nitrogens is 2. The van der Waals surface area contributed by atoms with E-state index in [0.29, 0.717) is 6.42 Å². The largest absolute Gasteiger partial charge is 0.384 e. The van der Waals surface area contributed by atoms with Crippen LogP contribution in [0.5, 0.6) is 0 Å². The molecule has 0 saturated carbocycles. The molecule has 2 aromatic rings. The summed E-state index contributed by atoms with van der Waals surface area (Å²) in [6, 6.07) is 5.90. The van der Waals surface area contributed by atoms with Crippen molar-refractivity contribution in [3.63, 3.8) is 0 Å². The molecule has 1 aliphatic heterocycles. The number of hydrogen-bond acceptors (Lipinski definition) is 2. The van der Waals surface area contributed by atoms with Crippen LogP contribution in [0.15, 0.2) is 22.7 Å². The van der Waals surface area contributed by atoms with Crippen molar-refractivity contribution in [1.29, 1.82) is 0 Å². The molecule has 3 rings (SSSR count). The van der Waals surface area contributed by atoms with Gasteiger partial charge in [-0.2, -0.15) is 5.10 Å². The number of nitrogens with one attached hydrogen (secondary N) is 1. The van der Waals surface area contributed by atoms with Crippen LogP contribution >= 0.6 is 15.9 Å². The average Bonchev–Trinajstić information content (AvgIpc) is 3.06. The highest BCUT2D eigenvalue weighted by Crippen LogP contribution is 2.35. The molecule has 0 radical (unpaired) electrons. The second kappa shape index (κ2) is 5.79. The molecule has 21 heavy (non-hydrogen) atoms. The maximum absolute atomic E-state index is 14.8. The molecule has 1 aliphatic rings. The molecule has 1 unspecified atom stereocenters. The maximum atomic E-state index is 14.8. The van der Waals surface area contributed by atoms with E-state index in [9.17, 15) is 4.39 Å². The first-order valence-corrected chi connectivity index (χ1v) is 8.11. The number of nitrogens with zero attached hydrogens (tertiary/aromatic N) is 2. The summed E-state index contributed by atoms with van der Waals surface area (Å²) in [7, 11) is 1.87. The van der Waals surface area contributed by atoms with Crippen LogP contribution < -0.4 is 5.32 Å². The number of fused-ring (bicyclic) bond motifs is 1. The van der Waals surface area contributed by atoms with E-state index < -0.39 is 6.17 Å². The van der Waals surface area contributed by atoms with E-state index in [1.54, 1.807) is 4.68 Å². The van der Waals surface area contributed by atoms with Crippen LogP contribution in [0.25, 0.3) is 0 Å². The zero-order chi connectivity index (χ0) is 15.0. The zero-order valence-corrected chi connectivity index (χ0v) is 13.9. The highest BCUT2D eigenvalue weighted by molar-refractivity contribution is 9.10. The Kier molecular flexibility index (Phi) is 4.02. The maximum Gasteiger partial charge on any atom is 0.133 e. The molecule has 1 N–H and O–H groups in total. The topological polar surface area (TPSA) is 29.9 Å². The van der Waals surface area contributed by atoms with Gasteiger partial charge in [0.15, 0.2) is 0 Å². The van der Waals surface area contributed by atoms with Gasteiger partial charge in [0.25, 0.3) is 0 Å². The van der Waals surface area contributed by atoms with E-state index in [2.05, 4.69) is 39.3 Å². The normalized spacial score (nSPS) is 14.9. The highest BCUT2D eigenvalue weighted by Gasteiger charge is 2.23. The molecule has 112 valence electrons. The lowest BCUT2D eigenvalue weighted by atomic mass is 10.0. The van der Waals surface area contributed by atoms with Gasteiger partial charge in [-0.3, -0.25) is 4.68 Å². The van der Waals surface area contributed by atoms with Crippen molar-refractivity contribution in [2.75, 3.05) is 11.9 Å². The Bertz CT molecular complexity index is 666. The van der Waals surface area contributed by atoms with Gasteiger partial charge >= 0.3 is 0 Å². The summed E-state index contributed by atoms with van der Waals surface area (Å²) < 4.78 is 17.6. The third-order valence-corrected chi connectivity index (χ3v) is 5.01. The molecule has 0 bridgehead atoms. The lowest BCUT2D eigenvalue weighted by molar-refractivity contribution is 0.336. The summed E-state index contributed by atoms with van der Waals surface area (Å²) in [6.45, 7) is 2.95. The number of hydrogen-bond donors (Lipinski definition) is 1. The van der Waals surface area contributed by atoms with Crippen LogP contribution in [0.4, 0.5) is 10.1 Å². The van der Waals surface area contributed by atoms with Crippen molar-refractivity contribution in [3.8, 4) is 0 Å². The smallest absolute Gasteiger partial charge is 0.133 e. The third kappa shape index (κ3) is 2.59. The fraction of sp³-hybridized carbons (Fsp3) is 0.438. The minimum Gasteiger partial charge on any atom is -0.384 e. The lowest BCUT2D eigenvalue weighted by Crippen LogP contribution is -2.06. The molecule has 0 saturated heterocycles. The van der Waals surface area contributed by atoms with Crippen molar-refractivity contribution in [2.24, 2.45) is 7.05 Å². The second-order valence-corrected chi connectivity index (χ2v) is 6.21. The minimum absolute atomic E-state index is 0.336. The number of anilines is 1. The molecule has 0 amide bonds. The lowest BCUT2D eigenvalue weighted by Gasteiger charge is -2.14. The standard InChI is InChI=1S/C16H19BrFN3/c1-3-13-15(17)14(21(2)20-13)9-12(18)11-6-4-5-10-7-8-19-16(10)11/h4-6,12,19H,3,7-9H2,1-2H3. The number of halogens is 2. The average molecular weight is 352 g/mol. The van der Waals surface area contributed by atoms with E-state index in [1.165, 1.54) is 5.56 Å². The summed E-state index contributed by atoms with van der Waals surface area (Å²) >= 11 is 3.56. The number of benzene rings is 1. The fourth-order valence-electron chi connectivity index (χ4n) is 2.95. The summed E-state index contributed by atoms with van der Waals surface area (Å²) in [5.41, 5.74) is 4.86. The van der Waals surface area contributed by atoms with E-state index >= 15 is 0 Å². The molecule has 0 spiro atoms. The molecule has 1 atom stereocenters. The van der Waals surface area contributed by atoms with E-state index in [4.69, 9.17) is 0 Å². The Hall–Kier alpha value is -1.36. The van der Waals surface area contributed by atoms with Crippen LogP contribution in [0.2, 0.25) is 0 Å². The number of para-hydroxylation sites is 1. The van der Waals surface area contributed by atoms with Gasteiger partial charge in [0.05, 0.1) is 15.9 Å². The monoisotopic (exact) mass is 351 g/mol. The predicted molar refractivity (Wildman–Crippen MR) is 86.5 cm³/mol. The summed E-state index contributed by atoms with van der Waals surface area (Å²) in [4.78, 5) is 0. The minimum atomic E-state index is -1.03. The van der Waals surface area contributed by atoms with E-state index in [0.717, 1.165) is 46.5 Å². The van der Waals surface area contributed by atoms with Crippen molar-refractivity contribution in [2.45, 2.75) is 32.4 Å². The van der Waals surface area contributed by atoms with E-state index in [1.807, 2.05) is 19.2 Å². The van der Waals surface area contributed by atoms with Gasteiger partial charge in [0.2, 0.25) is 0 Å². The SMILES string of the molecule is CCc1nn(C)c(CC(F)c2cccc3c2NCC3)c1Br. The Labute approximate surface area is 132 Å². The van der Waals surface area contributed by atoms with Crippen molar-refractivity contribution < 1.29 is 4.39 Å². The van der Waals surface area contributed by atoms with Crippen LogP contribution in [0.1, 0.15) is 35.6 Å². The molecular formula is C16H19BrFN3. The summed E-state index contributed by atoms with van der Waals surface area (Å²) in [6.07, 6.45) is 1.13. The van der Waals surface area contributed by atoms with Gasteiger partial charge in [-0.15, -0.1) is 0 Å². The summed E-state index contributed by atoms with van der Waals surface area (Å²) in [5, 5.41) is 7.74. The van der Waals surface area contributed by atoms with Crippen molar-refractivity contribution in [3.05, 3.63) is 45.2 Å². The molecule has 0 fully saturated rings. The first-order chi connectivity index (χ1) is 10.1. The molecule has 2 heterocycles. The summed E-state index contributed by atoms with van der Waals surface area (Å²) in [5.74, 6) is 0. The van der Waals surface area contributed by atoms with Crippen molar-refractivity contribution >= 4 is 21.6 Å². The van der Waals surface area contributed by atoms with Gasteiger partial charge in [-0.05, 0) is 34.3 Å². The van der Waals surface area contributed by atoms with Crippen LogP contribution in [-0.2, 0) is 26.3 Å². The van der Waals surface area contributed by atoms with E-state index in [-0.39, 0.29) is 0 Å². The molecular weight excluding hydrogens is 333 g/mol.